The number of hydrogen-bond donors (Lipinski definition) is 2. The third kappa shape index (κ3) is 1.46. The maximum atomic E-state index is 13.5. The molecule has 0 spiro atoms. The predicted octanol–water partition coefficient (Wildman–Crippen LogP) is 2.61. The van der Waals surface area contributed by atoms with Gasteiger partial charge in [-0.3, -0.25) is 4.79 Å². The van der Waals surface area contributed by atoms with Crippen molar-refractivity contribution in [2.24, 2.45) is 0 Å². The van der Waals surface area contributed by atoms with Crippen LogP contribution in [0.4, 0.5) is 15.8 Å². The zero-order valence-corrected chi connectivity index (χ0v) is 9.17. The summed E-state index contributed by atoms with van der Waals surface area (Å²) in [6.07, 6.45) is 0. The van der Waals surface area contributed by atoms with Crippen LogP contribution in [0.5, 0.6) is 0 Å². The normalized spacial score (nSPS) is 14.4. The number of benzene rings is 1. The maximum absolute atomic E-state index is 13.5. The second kappa shape index (κ2) is 3.40. The van der Waals surface area contributed by atoms with Crippen LogP contribution in [0.1, 0.15) is 0 Å². The molecule has 1 aliphatic heterocycles. The summed E-state index contributed by atoms with van der Waals surface area (Å²) < 4.78 is 13.7. The summed E-state index contributed by atoms with van der Waals surface area (Å²) in [4.78, 5) is 11.0. The number of hydrogen-bond acceptors (Lipinski definition) is 2. The van der Waals surface area contributed by atoms with Crippen molar-refractivity contribution >= 4 is 44.8 Å². The van der Waals surface area contributed by atoms with Crippen LogP contribution in [0, 0.1) is 5.82 Å². The van der Waals surface area contributed by atoms with E-state index in [1.54, 1.807) is 0 Å². The molecule has 0 bridgehead atoms. The minimum atomic E-state index is -0.523. The molecule has 0 aromatic heterocycles. The molecule has 74 valence electrons. The number of anilines is 2. The minimum absolute atomic E-state index is 0.0978. The van der Waals surface area contributed by atoms with Gasteiger partial charge in [0.05, 0.1) is 21.7 Å². The Morgan fingerprint density at radius 3 is 2.93 bits per heavy atom. The first-order valence-corrected chi connectivity index (χ1v) is 4.98. The fourth-order valence-corrected chi connectivity index (χ4v) is 2.07. The number of nitrogens with one attached hydrogen (secondary N) is 2. The summed E-state index contributed by atoms with van der Waals surface area (Å²) in [5, 5.41) is 5.53. The number of rotatable bonds is 0. The van der Waals surface area contributed by atoms with Gasteiger partial charge in [-0.05, 0) is 22.0 Å². The quantitative estimate of drug-likeness (QED) is 0.717. The lowest BCUT2D eigenvalue weighted by Crippen LogP contribution is -2.28. The van der Waals surface area contributed by atoms with Gasteiger partial charge in [-0.25, -0.2) is 4.39 Å². The highest BCUT2D eigenvalue weighted by molar-refractivity contribution is 9.10. The van der Waals surface area contributed by atoms with Gasteiger partial charge in [0.25, 0.3) is 0 Å². The van der Waals surface area contributed by atoms with E-state index in [0.29, 0.717) is 10.7 Å². The molecule has 0 saturated carbocycles. The second-order valence-electron chi connectivity index (χ2n) is 2.81. The Balaban J connectivity index is 2.63. The molecule has 1 heterocycles. The van der Waals surface area contributed by atoms with Crippen molar-refractivity contribution in [2.75, 3.05) is 17.2 Å². The molecule has 14 heavy (non-hydrogen) atoms. The summed E-state index contributed by atoms with van der Waals surface area (Å²) in [6.45, 7) is 0.105. The maximum Gasteiger partial charge on any atom is 0.243 e. The summed E-state index contributed by atoms with van der Waals surface area (Å²) in [6, 6.07) is 1.44. The molecular formula is C8H5BrClFN2O. The van der Waals surface area contributed by atoms with E-state index in [0.717, 1.165) is 0 Å². The molecule has 0 saturated heterocycles. The van der Waals surface area contributed by atoms with Gasteiger partial charge in [-0.2, -0.15) is 0 Å². The highest BCUT2D eigenvalue weighted by Crippen LogP contribution is 2.38. The molecular weight excluding hydrogens is 274 g/mol. The van der Waals surface area contributed by atoms with E-state index in [1.165, 1.54) is 6.07 Å². The van der Waals surface area contributed by atoms with Gasteiger partial charge in [0.2, 0.25) is 5.91 Å². The Kier molecular flexibility index (Phi) is 2.36. The molecule has 0 atom stereocenters. The monoisotopic (exact) mass is 278 g/mol. The first-order chi connectivity index (χ1) is 6.59. The third-order valence-corrected chi connectivity index (χ3v) is 2.74. The molecule has 1 aliphatic rings. The molecule has 3 nitrogen and oxygen atoms in total. The smallest absolute Gasteiger partial charge is 0.243 e. The molecule has 1 aromatic rings. The molecule has 2 rings (SSSR count). The van der Waals surface area contributed by atoms with E-state index in [1.807, 2.05) is 0 Å². The first-order valence-electron chi connectivity index (χ1n) is 3.81. The van der Waals surface area contributed by atoms with Crippen molar-refractivity contribution in [3.8, 4) is 0 Å². The Morgan fingerprint density at radius 2 is 2.21 bits per heavy atom. The Labute approximate surface area is 92.8 Å². The van der Waals surface area contributed by atoms with E-state index in [4.69, 9.17) is 11.6 Å². The van der Waals surface area contributed by atoms with Crippen LogP contribution in [-0.2, 0) is 4.79 Å². The summed E-state index contributed by atoms with van der Waals surface area (Å²) in [5.74, 6) is -0.810. The van der Waals surface area contributed by atoms with E-state index >= 15 is 0 Å². The third-order valence-electron chi connectivity index (χ3n) is 1.86. The zero-order chi connectivity index (χ0) is 10.3. The van der Waals surface area contributed by atoms with Crippen LogP contribution >= 0.6 is 27.5 Å². The lowest BCUT2D eigenvalue weighted by Gasteiger charge is -2.20. The minimum Gasteiger partial charge on any atom is -0.373 e. The summed E-state index contributed by atoms with van der Waals surface area (Å²) in [5.41, 5.74) is 0.521. The summed E-state index contributed by atoms with van der Waals surface area (Å²) >= 11 is 8.86. The van der Waals surface area contributed by atoms with E-state index < -0.39 is 5.82 Å². The van der Waals surface area contributed by atoms with Gasteiger partial charge in [0.15, 0.2) is 5.82 Å². The van der Waals surface area contributed by atoms with E-state index in [-0.39, 0.29) is 22.6 Å². The first kappa shape index (κ1) is 9.73. The zero-order valence-electron chi connectivity index (χ0n) is 6.83. The van der Waals surface area contributed by atoms with E-state index in [9.17, 15) is 9.18 Å². The van der Waals surface area contributed by atoms with Gasteiger partial charge >= 0.3 is 0 Å². The van der Waals surface area contributed by atoms with Crippen molar-refractivity contribution < 1.29 is 9.18 Å². The highest BCUT2D eigenvalue weighted by Gasteiger charge is 2.22. The fraction of sp³-hybridized carbons (Fsp3) is 0.125. The average Bonchev–Trinajstić information content (AvgIpc) is 2.14. The molecule has 0 aliphatic carbocycles. The molecule has 0 radical (unpaired) electrons. The van der Waals surface area contributed by atoms with Crippen molar-refractivity contribution in [3.05, 3.63) is 21.4 Å². The molecule has 0 unspecified atom stereocenters. The SMILES string of the molecule is O=C1CNc2c(Cl)cc(Br)c(F)c2N1. The van der Waals surface area contributed by atoms with Gasteiger partial charge in [-0.1, -0.05) is 11.6 Å². The highest BCUT2D eigenvalue weighted by atomic mass is 79.9. The molecule has 0 fully saturated rings. The number of carbonyl (C=O) groups is 1. The fourth-order valence-electron chi connectivity index (χ4n) is 1.24. The lowest BCUT2D eigenvalue weighted by molar-refractivity contribution is -0.114. The second-order valence-corrected chi connectivity index (χ2v) is 4.07. The molecule has 1 aromatic carbocycles. The van der Waals surface area contributed by atoms with Crippen LogP contribution in [0.2, 0.25) is 5.02 Å². The van der Waals surface area contributed by atoms with Crippen LogP contribution in [0.25, 0.3) is 0 Å². The van der Waals surface area contributed by atoms with Crippen LogP contribution < -0.4 is 10.6 Å². The molecule has 6 heteroatoms. The Morgan fingerprint density at radius 1 is 1.50 bits per heavy atom. The number of carbonyl (C=O) groups excluding carboxylic acids is 1. The van der Waals surface area contributed by atoms with Gasteiger partial charge < -0.3 is 10.6 Å². The number of amides is 1. The van der Waals surface area contributed by atoms with E-state index in [2.05, 4.69) is 26.6 Å². The van der Waals surface area contributed by atoms with Crippen molar-refractivity contribution in [1.29, 1.82) is 0 Å². The number of halogens is 3. The average molecular weight is 279 g/mol. The van der Waals surface area contributed by atoms with Crippen LogP contribution in [-0.4, -0.2) is 12.5 Å². The van der Waals surface area contributed by atoms with Gasteiger partial charge in [-0.15, -0.1) is 0 Å². The topological polar surface area (TPSA) is 41.1 Å². The van der Waals surface area contributed by atoms with Crippen molar-refractivity contribution in [2.45, 2.75) is 0 Å². The molecule has 2 N–H and O–H groups in total. The van der Waals surface area contributed by atoms with Gasteiger partial charge in [0, 0.05) is 0 Å². The Hall–Kier alpha value is -0.810. The summed E-state index contributed by atoms with van der Waals surface area (Å²) in [7, 11) is 0. The van der Waals surface area contributed by atoms with Crippen LogP contribution in [0.3, 0.4) is 0 Å². The largest absolute Gasteiger partial charge is 0.373 e. The van der Waals surface area contributed by atoms with Crippen LogP contribution in [0.15, 0.2) is 10.5 Å². The van der Waals surface area contributed by atoms with Crippen molar-refractivity contribution in [1.82, 2.24) is 0 Å². The number of fused-ring (bicyclic) bond motifs is 1. The molecule has 1 amide bonds. The standard InChI is InChI=1S/C8H5BrClFN2O/c9-3-1-4(10)7-8(6(3)11)13-5(14)2-12-7/h1,12H,2H2,(H,13,14). The predicted molar refractivity (Wildman–Crippen MR) is 56.2 cm³/mol. The lowest BCUT2D eigenvalue weighted by atomic mass is 10.2. The van der Waals surface area contributed by atoms with Gasteiger partial charge in [0.1, 0.15) is 5.69 Å². The Bertz CT molecular complexity index is 424. The van der Waals surface area contributed by atoms with Crippen molar-refractivity contribution in [3.63, 3.8) is 0 Å².